The second-order valence-corrected chi connectivity index (χ2v) is 13.8. The van der Waals surface area contributed by atoms with Gasteiger partial charge in [0, 0.05) is 35.5 Å². The Morgan fingerprint density at radius 2 is 1.64 bits per heavy atom. The zero-order valence-electron chi connectivity index (χ0n) is 25.7. The van der Waals surface area contributed by atoms with Gasteiger partial charge in [0.25, 0.3) is 0 Å². The standard InChI is InChI=1S/C30H48N4O6S2/c1-7-8-13-31-26(36)19(2)14-25(35)23-17-41-15-21-9-11-22(12-10-21)16-42-18-24(34-29(39)40-30(4,5)6)28(38)32-20(3)27(37)33-23/h9-12,19-20,23-25,35H,7-8,13-18H2,1-6H3,(H,31,36)(H,32,38)(H,33,37)(H,34,39)/t19-,20+,23+,24+,25+/m1/s1. The van der Waals surface area contributed by atoms with Crippen LogP contribution in [0.3, 0.4) is 0 Å². The van der Waals surface area contributed by atoms with Crippen LogP contribution < -0.4 is 21.3 Å². The molecule has 3 rings (SSSR count). The lowest BCUT2D eigenvalue weighted by Crippen LogP contribution is -2.56. The minimum absolute atomic E-state index is 0.132. The fourth-order valence-corrected chi connectivity index (χ4v) is 6.22. The molecular weight excluding hydrogens is 576 g/mol. The van der Waals surface area contributed by atoms with Crippen molar-refractivity contribution in [1.29, 1.82) is 0 Å². The Morgan fingerprint density at radius 1 is 1.05 bits per heavy atom. The normalized spacial score (nSPS) is 22.2. The third kappa shape index (κ3) is 13.2. The molecule has 2 aliphatic heterocycles. The van der Waals surface area contributed by atoms with Gasteiger partial charge in [-0.2, -0.15) is 23.5 Å². The molecule has 12 heteroatoms. The zero-order valence-corrected chi connectivity index (χ0v) is 27.3. The first kappa shape index (κ1) is 35.8. The van der Waals surface area contributed by atoms with Crippen LogP contribution in [0.1, 0.15) is 71.9 Å². The molecule has 236 valence electrons. The number of thioether (sulfide) groups is 2. The number of carbonyl (C=O) groups excluding carboxylic acids is 4. The van der Waals surface area contributed by atoms with Crippen molar-refractivity contribution in [3.63, 3.8) is 0 Å². The molecule has 0 fully saturated rings. The molecule has 0 radical (unpaired) electrons. The van der Waals surface area contributed by atoms with Gasteiger partial charge in [-0.15, -0.1) is 0 Å². The fourth-order valence-electron chi connectivity index (χ4n) is 4.10. The smallest absolute Gasteiger partial charge is 0.408 e. The Labute approximate surface area is 258 Å². The molecule has 0 saturated carbocycles. The summed E-state index contributed by atoms with van der Waals surface area (Å²) in [5.74, 6) is 0.464. The number of fused-ring (bicyclic) bond motifs is 14. The second-order valence-electron chi connectivity index (χ2n) is 11.7. The number of aliphatic hydroxyl groups excluding tert-OH is 1. The van der Waals surface area contributed by atoms with E-state index < -0.39 is 53.7 Å². The van der Waals surface area contributed by atoms with Crippen molar-refractivity contribution in [2.45, 2.75) is 102 Å². The highest BCUT2D eigenvalue weighted by atomic mass is 32.2. The summed E-state index contributed by atoms with van der Waals surface area (Å²) in [7, 11) is 0. The van der Waals surface area contributed by atoms with E-state index in [1.165, 1.54) is 11.8 Å². The summed E-state index contributed by atoms with van der Waals surface area (Å²) in [5, 5.41) is 22.2. The minimum atomic E-state index is -0.973. The van der Waals surface area contributed by atoms with Gasteiger partial charge in [-0.05, 0) is 51.7 Å². The number of carbonyl (C=O) groups is 4. The molecule has 5 atom stereocenters. The van der Waals surface area contributed by atoms with Crippen LogP contribution in [0, 0.1) is 5.92 Å². The molecule has 1 aromatic rings. The van der Waals surface area contributed by atoms with Crippen molar-refractivity contribution in [2.75, 3.05) is 18.1 Å². The van der Waals surface area contributed by atoms with Crippen molar-refractivity contribution in [1.82, 2.24) is 21.3 Å². The average molecular weight is 625 g/mol. The lowest BCUT2D eigenvalue weighted by Gasteiger charge is -2.28. The Hall–Kier alpha value is -2.44. The first-order valence-corrected chi connectivity index (χ1v) is 16.9. The minimum Gasteiger partial charge on any atom is -0.444 e. The van der Waals surface area contributed by atoms with Gasteiger partial charge in [0.2, 0.25) is 17.7 Å². The number of hydrogen-bond donors (Lipinski definition) is 5. The van der Waals surface area contributed by atoms with Crippen molar-refractivity contribution in [2.24, 2.45) is 5.92 Å². The highest BCUT2D eigenvalue weighted by molar-refractivity contribution is 7.98. The van der Waals surface area contributed by atoms with E-state index in [9.17, 15) is 24.3 Å². The molecule has 1 aromatic carbocycles. The van der Waals surface area contributed by atoms with Crippen LogP contribution in [0.15, 0.2) is 24.3 Å². The lowest BCUT2D eigenvalue weighted by atomic mass is 9.98. The van der Waals surface area contributed by atoms with E-state index in [4.69, 9.17) is 4.74 Å². The molecule has 0 saturated heterocycles. The van der Waals surface area contributed by atoms with Gasteiger partial charge in [0.05, 0.1) is 12.1 Å². The van der Waals surface area contributed by atoms with Gasteiger partial charge in [0.1, 0.15) is 17.7 Å². The molecule has 0 aromatic heterocycles. The fraction of sp³-hybridized carbons (Fsp3) is 0.667. The third-order valence-corrected chi connectivity index (χ3v) is 8.80. The van der Waals surface area contributed by atoms with Crippen LogP contribution in [0.5, 0.6) is 0 Å². The van der Waals surface area contributed by atoms with E-state index in [0.717, 1.165) is 24.0 Å². The third-order valence-electron chi connectivity index (χ3n) is 6.57. The Bertz CT molecular complexity index is 1030. The summed E-state index contributed by atoms with van der Waals surface area (Å²) < 4.78 is 5.35. The van der Waals surface area contributed by atoms with Crippen LogP contribution in [-0.2, 0) is 30.6 Å². The molecule has 0 spiro atoms. The largest absolute Gasteiger partial charge is 0.444 e. The van der Waals surface area contributed by atoms with Gasteiger partial charge in [-0.3, -0.25) is 14.4 Å². The lowest BCUT2D eigenvalue weighted by molar-refractivity contribution is -0.130. The van der Waals surface area contributed by atoms with E-state index in [0.29, 0.717) is 23.8 Å². The molecule has 2 heterocycles. The van der Waals surface area contributed by atoms with Gasteiger partial charge in [-0.25, -0.2) is 4.79 Å². The molecule has 2 aliphatic rings. The maximum absolute atomic E-state index is 13.2. The van der Waals surface area contributed by atoms with E-state index in [2.05, 4.69) is 21.3 Å². The van der Waals surface area contributed by atoms with Gasteiger partial charge >= 0.3 is 6.09 Å². The van der Waals surface area contributed by atoms with Gasteiger partial charge < -0.3 is 31.1 Å². The summed E-state index contributed by atoms with van der Waals surface area (Å²) in [6.07, 6.45) is 0.338. The van der Waals surface area contributed by atoms with Crippen molar-refractivity contribution in [3.05, 3.63) is 35.4 Å². The predicted octanol–water partition coefficient (Wildman–Crippen LogP) is 3.35. The van der Waals surface area contributed by atoms with Crippen molar-refractivity contribution < 1.29 is 29.0 Å². The molecule has 42 heavy (non-hydrogen) atoms. The highest BCUT2D eigenvalue weighted by Gasteiger charge is 2.30. The van der Waals surface area contributed by atoms with E-state index in [-0.39, 0.29) is 18.1 Å². The van der Waals surface area contributed by atoms with Gasteiger partial charge in [0.15, 0.2) is 0 Å². The monoisotopic (exact) mass is 624 g/mol. The first-order chi connectivity index (χ1) is 19.8. The number of amides is 4. The number of aliphatic hydroxyl groups is 1. The summed E-state index contributed by atoms with van der Waals surface area (Å²) in [6, 6.07) is 5.64. The second kappa shape index (κ2) is 17.6. The summed E-state index contributed by atoms with van der Waals surface area (Å²) in [6.45, 7) is 11.2. The van der Waals surface area contributed by atoms with Crippen LogP contribution in [-0.4, -0.2) is 76.8 Å². The van der Waals surface area contributed by atoms with Crippen molar-refractivity contribution in [3.8, 4) is 0 Å². The molecule has 0 aliphatic carbocycles. The van der Waals surface area contributed by atoms with Crippen LogP contribution in [0.25, 0.3) is 0 Å². The van der Waals surface area contributed by atoms with E-state index in [1.807, 2.05) is 31.2 Å². The number of unbranched alkanes of at least 4 members (excludes halogenated alkanes) is 1. The molecule has 10 nitrogen and oxygen atoms in total. The Kier molecular flexibility index (Phi) is 15.0. The maximum Gasteiger partial charge on any atom is 0.408 e. The van der Waals surface area contributed by atoms with Crippen molar-refractivity contribution >= 4 is 47.3 Å². The topological polar surface area (TPSA) is 146 Å². The van der Waals surface area contributed by atoms with E-state index >= 15 is 0 Å². The number of alkyl carbamates (subject to hydrolysis) is 1. The van der Waals surface area contributed by atoms with Crippen LogP contribution in [0.2, 0.25) is 0 Å². The molecule has 2 bridgehead atoms. The molecule has 5 N–H and O–H groups in total. The number of ether oxygens (including phenoxy) is 1. The van der Waals surface area contributed by atoms with Crippen LogP contribution >= 0.6 is 23.5 Å². The number of hydrogen-bond acceptors (Lipinski definition) is 8. The number of nitrogens with one attached hydrogen (secondary N) is 4. The summed E-state index contributed by atoms with van der Waals surface area (Å²) >= 11 is 3.07. The SMILES string of the molecule is CCCCNC(=O)[C@H](C)C[C@H](O)[C@@H]1CSCc2ccc(cc2)CSC[C@H](NC(=O)OC(C)(C)C)C(=O)N[C@@H](C)C(=O)N1. The maximum atomic E-state index is 13.2. The summed E-state index contributed by atoms with van der Waals surface area (Å²) in [5.41, 5.74) is 1.45. The average Bonchev–Trinajstić information content (AvgIpc) is 2.91. The molecule has 0 unspecified atom stereocenters. The van der Waals surface area contributed by atoms with E-state index in [1.54, 1.807) is 46.4 Å². The predicted molar refractivity (Wildman–Crippen MR) is 169 cm³/mol. The Balaban J connectivity index is 2.20. The quantitative estimate of drug-likeness (QED) is 0.277. The molecule has 4 amide bonds. The Morgan fingerprint density at radius 3 is 2.21 bits per heavy atom. The summed E-state index contributed by atoms with van der Waals surface area (Å²) in [4.78, 5) is 51.4. The molecular formula is C30H48N4O6S2. The number of rotatable bonds is 8. The first-order valence-electron chi connectivity index (χ1n) is 14.6. The number of benzene rings is 1. The highest BCUT2D eigenvalue weighted by Crippen LogP contribution is 2.20. The van der Waals surface area contributed by atoms with Crippen LogP contribution in [0.4, 0.5) is 4.79 Å². The zero-order chi connectivity index (χ0) is 31.3. The van der Waals surface area contributed by atoms with Gasteiger partial charge in [-0.1, -0.05) is 44.5 Å².